The van der Waals surface area contributed by atoms with Crippen LogP contribution in [0.25, 0.3) is 0 Å². The minimum absolute atomic E-state index is 0.110. The topological polar surface area (TPSA) is 52.6 Å². The second kappa shape index (κ2) is 17.4. The monoisotopic (exact) mass is 370 g/mol. The maximum Gasteiger partial charge on any atom is 0.305 e. The van der Waals surface area contributed by atoms with Crippen molar-refractivity contribution in [1.29, 1.82) is 0 Å². The summed E-state index contributed by atoms with van der Waals surface area (Å²) in [5, 5.41) is 0. The van der Waals surface area contributed by atoms with E-state index < -0.39 is 0 Å². The first-order valence-electron chi connectivity index (χ1n) is 10.8. The summed E-state index contributed by atoms with van der Waals surface area (Å²) in [6, 6.07) is 0. The zero-order chi connectivity index (χ0) is 19.6. The summed E-state index contributed by atoms with van der Waals surface area (Å²) in [5.41, 5.74) is 0. The lowest BCUT2D eigenvalue weighted by atomic mass is 9.98. The van der Waals surface area contributed by atoms with E-state index in [-0.39, 0.29) is 11.9 Å². The Hall–Kier alpha value is -1.06. The zero-order valence-electron chi connectivity index (χ0n) is 17.7. The van der Waals surface area contributed by atoms with Crippen molar-refractivity contribution in [2.75, 3.05) is 13.2 Å². The van der Waals surface area contributed by atoms with E-state index in [2.05, 4.69) is 27.7 Å². The van der Waals surface area contributed by atoms with Crippen molar-refractivity contribution in [3.05, 3.63) is 0 Å². The predicted molar refractivity (Wildman–Crippen MR) is 107 cm³/mol. The number of ether oxygens (including phenoxy) is 2. The molecular weight excluding hydrogens is 328 g/mol. The highest BCUT2D eigenvalue weighted by Crippen LogP contribution is 2.15. The molecule has 0 aliphatic rings. The van der Waals surface area contributed by atoms with Crippen molar-refractivity contribution in [1.82, 2.24) is 0 Å². The second-order valence-electron chi connectivity index (χ2n) is 7.93. The van der Waals surface area contributed by atoms with Gasteiger partial charge in [0.25, 0.3) is 0 Å². The lowest BCUT2D eigenvalue weighted by Gasteiger charge is -2.12. The highest BCUT2D eigenvalue weighted by atomic mass is 16.5. The SMILES string of the molecule is CCCCCOC(=O)CCCCCC(=O)OCCC(C)CCCC(C)C. The second-order valence-corrected chi connectivity index (χ2v) is 7.93. The predicted octanol–water partition coefficient (Wildman–Crippen LogP) is 6.07. The van der Waals surface area contributed by atoms with E-state index in [1.54, 1.807) is 0 Å². The summed E-state index contributed by atoms with van der Waals surface area (Å²) in [6.07, 6.45) is 11.2. The fourth-order valence-electron chi connectivity index (χ4n) is 2.79. The fourth-order valence-corrected chi connectivity index (χ4v) is 2.79. The van der Waals surface area contributed by atoms with Crippen LogP contribution in [0, 0.1) is 11.8 Å². The zero-order valence-corrected chi connectivity index (χ0v) is 17.7. The number of hydrogen-bond acceptors (Lipinski definition) is 4. The molecule has 0 heterocycles. The molecule has 0 N–H and O–H groups in total. The van der Waals surface area contributed by atoms with Crippen molar-refractivity contribution in [2.45, 2.75) is 105 Å². The molecule has 0 spiro atoms. The van der Waals surface area contributed by atoms with Crippen LogP contribution in [0.15, 0.2) is 0 Å². The number of carbonyl (C=O) groups excluding carboxylic acids is 2. The molecule has 0 saturated heterocycles. The average Bonchev–Trinajstić information content (AvgIpc) is 2.58. The molecule has 0 aromatic carbocycles. The molecule has 4 nitrogen and oxygen atoms in total. The van der Waals surface area contributed by atoms with Gasteiger partial charge in [-0.15, -0.1) is 0 Å². The van der Waals surface area contributed by atoms with Crippen LogP contribution in [0.4, 0.5) is 0 Å². The van der Waals surface area contributed by atoms with Crippen LogP contribution in [0.1, 0.15) is 105 Å². The number of rotatable bonds is 17. The Morgan fingerprint density at radius 3 is 1.88 bits per heavy atom. The number of hydrogen-bond donors (Lipinski definition) is 0. The summed E-state index contributed by atoms with van der Waals surface area (Å²) in [4.78, 5) is 23.2. The van der Waals surface area contributed by atoms with Gasteiger partial charge in [-0.05, 0) is 37.5 Å². The molecule has 0 aliphatic carbocycles. The van der Waals surface area contributed by atoms with E-state index in [1.165, 1.54) is 19.3 Å². The molecule has 4 heteroatoms. The summed E-state index contributed by atoms with van der Waals surface area (Å²) in [6.45, 7) is 9.93. The molecule has 0 fully saturated rings. The Kier molecular flexibility index (Phi) is 16.7. The van der Waals surface area contributed by atoms with Crippen LogP contribution in [0.5, 0.6) is 0 Å². The largest absolute Gasteiger partial charge is 0.466 e. The van der Waals surface area contributed by atoms with Gasteiger partial charge in [-0.2, -0.15) is 0 Å². The third-order valence-corrected chi connectivity index (χ3v) is 4.62. The quantitative estimate of drug-likeness (QED) is 0.230. The van der Waals surface area contributed by atoms with Crippen LogP contribution in [-0.4, -0.2) is 25.2 Å². The van der Waals surface area contributed by atoms with Gasteiger partial charge < -0.3 is 9.47 Å². The number of carbonyl (C=O) groups is 2. The van der Waals surface area contributed by atoms with Gasteiger partial charge in [0.05, 0.1) is 13.2 Å². The molecule has 0 radical (unpaired) electrons. The average molecular weight is 371 g/mol. The molecule has 0 aromatic heterocycles. The van der Waals surface area contributed by atoms with Gasteiger partial charge in [-0.3, -0.25) is 9.59 Å². The minimum atomic E-state index is -0.116. The Morgan fingerprint density at radius 1 is 0.692 bits per heavy atom. The third-order valence-electron chi connectivity index (χ3n) is 4.62. The van der Waals surface area contributed by atoms with Crippen molar-refractivity contribution in [3.63, 3.8) is 0 Å². The summed E-state index contributed by atoms with van der Waals surface area (Å²) < 4.78 is 10.5. The first kappa shape index (κ1) is 24.9. The Balaban J connectivity index is 3.45. The molecule has 0 rings (SSSR count). The van der Waals surface area contributed by atoms with E-state index in [1.807, 2.05) is 0 Å². The summed E-state index contributed by atoms with van der Waals surface area (Å²) >= 11 is 0. The van der Waals surface area contributed by atoms with Gasteiger partial charge in [0.15, 0.2) is 0 Å². The van der Waals surface area contributed by atoms with Crippen LogP contribution in [0.2, 0.25) is 0 Å². The Bertz CT molecular complexity index is 352. The Labute approximate surface area is 161 Å². The van der Waals surface area contributed by atoms with Crippen molar-refractivity contribution in [2.24, 2.45) is 11.8 Å². The molecule has 0 amide bonds. The molecule has 154 valence electrons. The van der Waals surface area contributed by atoms with Crippen LogP contribution < -0.4 is 0 Å². The van der Waals surface area contributed by atoms with E-state index >= 15 is 0 Å². The van der Waals surface area contributed by atoms with E-state index in [9.17, 15) is 9.59 Å². The lowest BCUT2D eigenvalue weighted by Crippen LogP contribution is -2.09. The van der Waals surface area contributed by atoms with E-state index in [4.69, 9.17) is 9.47 Å². The van der Waals surface area contributed by atoms with Gasteiger partial charge in [0, 0.05) is 12.8 Å². The Morgan fingerprint density at radius 2 is 1.31 bits per heavy atom. The summed E-state index contributed by atoms with van der Waals surface area (Å²) in [5.74, 6) is 1.16. The van der Waals surface area contributed by atoms with Gasteiger partial charge in [0.2, 0.25) is 0 Å². The maximum absolute atomic E-state index is 11.7. The van der Waals surface area contributed by atoms with E-state index in [0.29, 0.717) is 32.0 Å². The van der Waals surface area contributed by atoms with Gasteiger partial charge in [-0.1, -0.05) is 66.2 Å². The smallest absolute Gasteiger partial charge is 0.305 e. The minimum Gasteiger partial charge on any atom is -0.466 e. The van der Waals surface area contributed by atoms with Crippen LogP contribution in [0.3, 0.4) is 0 Å². The number of esters is 2. The van der Waals surface area contributed by atoms with Gasteiger partial charge in [-0.25, -0.2) is 0 Å². The van der Waals surface area contributed by atoms with Crippen LogP contribution >= 0.6 is 0 Å². The summed E-state index contributed by atoms with van der Waals surface area (Å²) in [7, 11) is 0. The highest BCUT2D eigenvalue weighted by Gasteiger charge is 2.07. The molecule has 26 heavy (non-hydrogen) atoms. The molecule has 0 aromatic rings. The molecule has 0 bridgehead atoms. The standard InChI is InChI=1S/C22H42O4/c1-5-6-10-17-25-21(23)14-8-7-9-15-22(24)26-18-16-20(4)13-11-12-19(2)3/h19-20H,5-18H2,1-4H3. The van der Waals surface area contributed by atoms with E-state index in [0.717, 1.165) is 50.9 Å². The van der Waals surface area contributed by atoms with Crippen LogP contribution in [-0.2, 0) is 19.1 Å². The fraction of sp³-hybridized carbons (Fsp3) is 0.909. The highest BCUT2D eigenvalue weighted by molar-refractivity contribution is 5.69. The molecule has 0 aliphatic heterocycles. The van der Waals surface area contributed by atoms with Crippen molar-refractivity contribution in [3.8, 4) is 0 Å². The first-order valence-corrected chi connectivity index (χ1v) is 10.8. The van der Waals surface area contributed by atoms with Crippen molar-refractivity contribution >= 4 is 11.9 Å². The molecule has 0 saturated carbocycles. The molecular formula is C22H42O4. The number of unbranched alkanes of at least 4 members (excludes halogenated alkanes) is 4. The molecule has 1 unspecified atom stereocenters. The maximum atomic E-state index is 11.7. The lowest BCUT2D eigenvalue weighted by molar-refractivity contribution is -0.144. The van der Waals surface area contributed by atoms with Crippen molar-refractivity contribution < 1.29 is 19.1 Å². The molecule has 1 atom stereocenters. The normalized spacial score (nSPS) is 12.2. The van der Waals surface area contributed by atoms with Gasteiger partial charge >= 0.3 is 11.9 Å². The van der Waals surface area contributed by atoms with Gasteiger partial charge in [0.1, 0.15) is 0 Å². The first-order chi connectivity index (χ1) is 12.5. The third kappa shape index (κ3) is 17.8.